The third kappa shape index (κ3) is 4.60. The number of rotatable bonds is 8. The van der Waals surface area contributed by atoms with Crippen LogP contribution < -0.4 is 5.73 Å². The van der Waals surface area contributed by atoms with Crippen LogP contribution in [0, 0.1) is 11.8 Å². The first-order chi connectivity index (χ1) is 18.4. The van der Waals surface area contributed by atoms with E-state index in [1.807, 2.05) is 19.0 Å². The van der Waals surface area contributed by atoms with Gasteiger partial charge in [0.25, 0.3) is 5.91 Å². The number of primary amides is 1. The van der Waals surface area contributed by atoms with E-state index in [1.165, 1.54) is 6.07 Å². The van der Waals surface area contributed by atoms with Crippen LogP contribution in [0.15, 0.2) is 35.1 Å². The molecule has 3 aliphatic rings. The molecule has 1 aromatic rings. The van der Waals surface area contributed by atoms with E-state index >= 15 is 0 Å². The second-order valence-corrected chi connectivity index (χ2v) is 11.4. The second kappa shape index (κ2) is 10.7. The Morgan fingerprint density at radius 1 is 1.21 bits per heavy atom. The lowest BCUT2D eigenvalue weighted by Crippen LogP contribution is -2.65. The number of aromatic hydroxyl groups is 1. The normalized spacial score (nSPS) is 28.2. The van der Waals surface area contributed by atoms with Crippen LogP contribution in [-0.2, 0) is 23.9 Å². The highest BCUT2D eigenvalue weighted by molar-refractivity contribution is 7.99. The number of carbonyl (C=O) groups excluding carboxylic acids is 4. The Morgan fingerprint density at radius 3 is 2.51 bits per heavy atom. The fourth-order valence-electron chi connectivity index (χ4n) is 5.79. The van der Waals surface area contributed by atoms with Crippen LogP contribution in [0.1, 0.15) is 36.8 Å². The average molecular weight is 561 g/mol. The lowest BCUT2D eigenvalue weighted by atomic mass is 9.55. The van der Waals surface area contributed by atoms with Crippen molar-refractivity contribution in [1.82, 2.24) is 4.90 Å². The minimum Gasteiger partial charge on any atom is -0.508 e. The maximum atomic E-state index is 14.0. The van der Waals surface area contributed by atoms with Gasteiger partial charge in [-0.15, -0.1) is 0 Å². The zero-order valence-electron chi connectivity index (χ0n) is 21.8. The Morgan fingerprint density at radius 2 is 1.90 bits per heavy atom. The van der Waals surface area contributed by atoms with Crippen molar-refractivity contribution >= 4 is 41.0 Å². The van der Waals surface area contributed by atoms with Crippen molar-refractivity contribution in [1.29, 1.82) is 0 Å². The van der Waals surface area contributed by atoms with Crippen LogP contribution in [-0.4, -0.2) is 92.6 Å². The van der Waals surface area contributed by atoms with Gasteiger partial charge in [-0.1, -0.05) is 19.1 Å². The van der Waals surface area contributed by atoms with E-state index in [9.17, 15) is 39.6 Å². The molecule has 0 heterocycles. The molecule has 0 spiro atoms. The zero-order valence-corrected chi connectivity index (χ0v) is 22.7. The molecule has 0 radical (unpaired) electrons. The van der Waals surface area contributed by atoms with Gasteiger partial charge in [0, 0.05) is 54.2 Å². The number of carbonyl (C=O) groups is 4. The third-order valence-corrected chi connectivity index (χ3v) is 8.74. The molecule has 11 nitrogen and oxygen atoms in total. The molecule has 6 N–H and O–H groups in total. The van der Waals surface area contributed by atoms with Gasteiger partial charge in [-0.05, 0) is 25.7 Å². The molecule has 39 heavy (non-hydrogen) atoms. The Balaban J connectivity index is 1.96. The van der Waals surface area contributed by atoms with Crippen LogP contribution >= 0.6 is 11.8 Å². The van der Waals surface area contributed by atoms with Gasteiger partial charge in [-0.2, -0.15) is 11.8 Å². The van der Waals surface area contributed by atoms with E-state index in [2.05, 4.69) is 0 Å². The summed E-state index contributed by atoms with van der Waals surface area (Å²) in [5, 5.41) is 44.7. The highest BCUT2D eigenvalue weighted by atomic mass is 32.2. The fraction of sp³-hybridized carbons (Fsp3) is 0.481. The van der Waals surface area contributed by atoms with E-state index in [0.717, 1.165) is 6.54 Å². The van der Waals surface area contributed by atoms with Crippen molar-refractivity contribution in [2.45, 2.75) is 37.4 Å². The molecule has 1 fully saturated rings. The van der Waals surface area contributed by atoms with E-state index in [1.54, 1.807) is 30.8 Å². The number of esters is 1. The standard InChI is InChI=1S/C27H32N2O9S/c1-4-17(32)38-23-14-10-16(31)20(26(28)36)24(34)27(14,37)25(35)21-19(23)13(11-39-9-8-29(2)3)12-6-5-7-15(30)18(12)22(21)33/h5-7,13-14,19,23,30,33-34,37H,4,8-11H2,1-3H3,(H2,28,36)/t13-,14+,19+,23+,27+/m0/s1. The summed E-state index contributed by atoms with van der Waals surface area (Å²) in [6, 6.07) is 4.63. The number of hydrogen-bond acceptors (Lipinski definition) is 11. The number of nitrogens with two attached hydrogens (primary N) is 1. The van der Waals surface area contributed by atoms with Gasteiger partial charge in [0.2, 0.25) is 5.78 Å². The number of aliphatic hydroxyl groups excluding tert-OH is 2. The van der Waals surface area contributed by atoms with Gasteiger partial charge >= 0.3 is 5.97 Å². The summed E-state index contributed by atoms with van der Waals surface area (Å²) in [6.45, 7) is 2.30. The Labute approximate surface area is 229 Å². The van der Waals surface area contributed by atoms with E-state index in [-0.39, 0.29) is 23.3 Å². The molecule has 12 heteroatoms. The number of nitrogens with zero attached hydrogens (tertiary/aromatic N) is 1. The largest absolute Gasteiger partial charge is 0.508 e. The molecule has 0 aliphatic heterocycles. The van der Waals surface area contributed by atoms with Crippen molar-refractivity contribution < 1.29 is 44.3 Å². The number of thioether (sulfide) groups is 1. The van der Waals surface area contributed by atoms with Crippen LogP contribution in [0.4, 0.5) is 0 Å². The number of Topliss-reactive ketones (excluding diaryl/α,β-unsaturated/α-hetero) is 2. The number of fused-ring (bicyclic) bond motifs is 3. The summed E-state index contributed by atoms with van der Waals surface area (Å²) in [5.41, 5.74) is 1.62. The van der Waals surface area contributed by atoms with Crippen LogP contribution in [0.25, 0.3) is 5.76 Å². The first kappa shape index (κ1) is 28.7. The summed E-state index contributed by atoms with van der Waals surface area (Å²) < 4.78 is 5.78. The summed E-state index contributed by atoms with van der Waals surface area (Å²) in [6.07, 6.45) is -2.01. The lowest BCUT2D eigenvalue weighted by Gasteiger charge is -2.51. The van der Waals surface area contributed by atoms with E-state index in [0.29, 0.717) is 17.1 Å². The van der Waals surface area contributed by atoms with Gasteiger partial charge in [0.15, 0.2) is 11.4 Å². The predicted molar refractivity (Wildman–Crippen MR) is 142 cm³/mol. The highest BCUT2D eigenvalue weighted by Gasteiger charge is 2.66. The molecule has 210 valence electrons. The highest BCUT2D eigenvalue weighted by Crippen LogP contribution is 2.57. The topological polar surface area (TPSA) is 188 Å². The number of ether oxygens (including phenoxy) is 1. The van der Waals surface area contributed by atoms with Crippen LogP contribution in [0.3, 0.4) is 0 Å². The number of phenols is 1. The molecule has 1 amide bonds. The monoisotopic (exact) mass is 560 g/mol. The van der Waals surface area contributed by atoms with E-state index in [4.69, 9.17) is 10.5 Å². The summed E-state index contributed by atoms with van der Waals surface area (Å²) in [7, 11) is 3.85. The zero-order chi connectivity index (χ0) is 28.8. The molecular formula is C27H32N2O9S. The SMILES string of the molecule is CCC(=O)O[C@H]1[C@H]2C(=C(O)c3c(O)cccc3[C@@H]2CSCCN(C)C)C(=O)[C@]2(O)C(O)=C(C(N)=O)C(=O)C[C@H]12. The second-order valence-electron chi connectivity index (χ2n) is 10.2. The van der Waals surface area contributed by atoms with Gasteiger partial charge < -0.3 is 35.8 Å². The number of amides is 1. The number of benzene rings is 1. The molecule has 1 aromatic carbocycles. The molecular weight excluding hydrogens is 528 g/mol. The van der Waals surface area contributed by atoms with Crippen molar-refractivity contribution in [3.8, 4) is 5.75 Å². The first-order valence-corrected chi connectivity index (χ1v) is 13.7. The summed E-state index contributed by atoms with van der Waals surface area (Å²) in [4.78, 5) is 53.5. The third-order valence-electron chi connectivity index (χ3n) is 7.68. The van der Waals surface area contributed by atoms with E-state index < -0.39 is 76.4 Å². The number of ketones is 2. The molecule has 0 bridgehead atoms. The van der Waals surface area contributed by atoms with Gasteiger partial charge in [0.05, 0.1) is 5.56 Å². The minimum absolute atomic E-state index is 0.0107. The molecule has 5 atom stereocenters. The quantitative estimate of drug-likeness (QED) is 0.175. The summed E-state index contributed by atoms with van der Waals surface area (Å²) >= 11 is 1.55. The number of aliphatic hydroxyl groups is 3. The van der Waals surface area contributed by atoms with Crippen LogP contribution in [0.2, 0.25) is 0 Å². The molecule has 0 unspecified atom stereocenters. The van der Waals surface area contributed by atoms with Crippen molar-refractivity contribution in [2.75, 3.05) is 32.1 Å². The maximum absolute atomic E-state index is 14.0. The lowest BCUT2D eigenvalue weighted by molar-refractivity contribution is -0.178. The number of phenolic OH excluding ortho intramolecular Hbond substituents is 1. The van der Waals surface area contributed by atoms with Gasteiger partial charge in [-0.25, -0.2) is 0 Å². The molecule has 0 aromatic heterocycles. The van der Waals surface area contributed by atoms with Gasteiger partial charge in [0.1, 0.15) is 28.9 Å². The molecule has 3 aliphatic carbocycles. The minimum atomic E-state index is -2.87. The van der Waals surface area contributed by atoms with Gasteiger partial charge in [-0.3, -0.25) is 19.2 Å². The molecule has 1 saturated carbocycles. The predicted octanol–water partition coefficient (Wildman–Crippen LogP) is 1.19. The molecule has 0 saturated heterocycles. The average Bonchev–Trinajstić information content (AvgIpc) is 2.86. The maximum Gasteiger partial charge on any atom is 0.305 e. The van der Waals surface area contributed by atoms with Crippen molar-refractivity contribution in [3.05, 3.63) is 46.2 Å². The van der Waals surface area contributed by atoms with Crippen molar-refractivity contribution in [3.63, 3.8) is 0 Å². The summed E-state index contributed by atoms with van der Waals surface area (Å²) in [5.74, 6) is -8.23. The Bertz CT molecular complexity index is 1300. The fourth-order valence-corrected chi connectivity index (χ4v) is 7.09. The number of hydrogen-bond donors (Lipinski definition) is 5. The Hall–Kier alpha value is -3.35. The molecule has 4 rings (SSSR count). The Kier molecular flexibility index (Phi) is 7.84. The van der Waals surface area contributed by atoms with Crippen LogP contribution in [0.5, 0.6) is 5.75 Å². The first-order valence-electron chi connectivity index (χ1n) is 12.6. The van der Waals surface area contributed by atoms with Crippen molar-refractivity contribution in [2.24, 2.45) is 17.6 Å². The smallest absolute Gasteiger partial charge is 0.305 e.